The van der Waals surface area contributed by atoms with Crippen molar-refractivity contribution < 1.29 is 9.47 Å². The van der Waals surface area contributed by atoms with Crippen molar-refractivity contribution in [1.29, 1.82) is 0 Å². The van der Waals surface area contributed by atoms with Crippen molar-refractivity contribution in [3.63, 3.8) is 0 Å². The van der Waals surface area contributed by atoms with Gasteiger partial charge in [-0.05, 0) is 20.3 Å². The summed E-state index contributed by atoms with van der Waals surface area (Å²) in [6, 6.07) is 0. The van der Waals surface area contributed by atoms with E-state index < -0.39 is 0 Å². The van der Waals surface area contributed by atoms with E-state index in [2.05, 4.69) is 19.2 Å². The van der Waals surface area contributed by atoms with E-state index in [0.717, 1.165) is 39.0 Å². The molecule has 3 nitrogen and oxygen atoms in total. The number of ether oxygens (including phenoxy) is 2. The maximum atomic E-state index is 6.11. The molecule has 2 aliphatic rings. The fourth-order valence-corrected chi connectivity index (χ4v) is 2.19. The van der Waals surface area contributed by atoms with Crippen LogP contribution in [-0.2, 0) is 9.47 Å². The SMILES string of the molecule is CC1(C)CCNC2(CCOCC2)O1. The molecule has 2 rings (SSSR count). The molecule has 2 heterocycles. The third kappa shape index (κ3) is 2.03. The highest BCUT2D eigenvalue weighted by Gasteiger charge is 2.41. The van der Waals surface area contributed by atoms with E-state index in [9.17, 15) is 0 Å². The number of hydrogen-bond donors (Lipinski definition) is 1. The second-order valence-corrected chi connectivity index (χ2v) is 4.65. The lowest BCUT2D eigenvalue weighted by molar-refractivity contribution is -0.215. The summed E-state index contributed by atoms with van der Waals surface area (Å²) in [5.74, 6) is 0. The molecule has 3 heteroatoms. The number of rotatable bonds is 0. The zero-order valence-corrected chi connectivity index (χ0v) is 8.56. The highest BCUT2D eigenvalue weighted by Crippen LogP contribution is 2.32. The van der Waals surface area contributed by atoms with E-state index >= 15 is 0 Å². The van der Waals surface area contributed by atoms with Crippen LogP contribution in [0.1, 0.15) is 33.1 Å². The monoisotopic (exact) mass is 185 g/mol. The molecule has 0 aromatic rings. The van der Waals surface area contributed by atoms with Gasteiger partial charge in [0.05, 0.1) is 18.8 Å². The van der Waals surface area contributed by atoms with Crippen LogP contribution in [-0.4, -0.2) is 31.1 Å². The van der Waals surface area contributed by atoms with Gasteiger partial charge >= 0.3 is 0 Å². The van der Waals surface area contributed by atoms with Crippen LogP contribution in [0.3, 0.4) is 0 Å². The molecule has 0 radical (unpaired) electrons. The average molecular weight is 185 g/mol. The first-order valence-corrected chi connectivity index (χ1v) is 5.15. The molecular weight excluding hydrogens is 166 g/mol. The second kappa shape index (κ2) is 3.23. The number of nitrogens with one attached hydrogen (secondary N) is 1. The highest BCUT2D eigenvalue weighted by molar-refractivity contribution is 4.89. The lowest BCUT2D eigenvalue weighted by Gasteiger charge is -2.47. The third-order valence-corrected chi connectivity index (χ3v) is 2.95. The van der Waals surface area contributed by atoms with Crippen molar-refractivity contribution >= 4 is 0 Å². The Labute approximate surface area is 79.8 Å². The van der Waals surface area contributed by atoms with E-state index in [1.807, 2.05) is 0 Å². The van der Waals surface area contributed by atoms with Gasteiger partial charge < -0.3 is 9.47 Å². The van der Waals surface area contributed by atoms with Crippen LogP contribution in [0.4, 0.5) is 0 Å². The van der Waals surface area contributed by atoms with Gasteiger partial charge in [-0.1, -0.05) is 0 Å². The molecule has 0 aromatic heterocycles. The van der Waals surface area contributed by atoms with Gasteiger partial charge in [0.15, 0.2) is 0 Å². The zero-order chi connectivity index (χ0) is 9.36. The summed E-state index contributed by atoms with van der Waals surface area (Å²) in [6.07, 6.45) is 3.06. The van der Waals surface area contributed by atoms with Crippen LogP contribution < -0.4 is 5.32 Å². The van der Waals surface area contributed by atoms with Gasteiger partial charge in [-0.3, -0.25) is 5.32 Å². The summed E-state index contributed by atoms with van der Waals surface area (Å²) in [6.45, 7) is 7.05. The molecule has 13 heavy (non-hydrogen) atoms. The molecule has 0 unspecified atom stereocenters. The van der Waals surface area contributed by atoms with Crippen molar-refractivity contribution in [2.24, 2.45) is 0 Å². The van der Waals surface area contributed by atoms with Gasteiger partial charge in [0.1, 0.15) is 5.72 Å². The van der Waals surface area contributed by atoms with E-state index in [0.29, 0.717) is 0 Å². The molecule has 0 aromatic carbocycles. The Bertz CT molecular complexity index is 180. The van der Waals surface area contributed by atoms with E-state index in [1.54, 1.807) is 0 Å². The Morgan fingerprint density at radius 2 is 1.77 bits per heavy atom. The Hall–Kier alpha value is -0.120. The molecule has 2 aliphatic heterocycles. The molecular formula is C10H19NO2. The smallest absolute Gasteiger partial charge is 0.124 e. The van der Waals surface area contributed by atoms with Crippen molar-refractivity contribution in [3.8, 4) is 0 Å². The average Bonchev–Trinajstić information content (AvgIpc) is 2.03. The summed E-state index contributed by atoms with van der Waals surface area (Å²) in [5.41, 5.74) is -0.0530. The van der Waals surface area contributed by atoms with Crippen molar-refractivity contribution in [1.82, 2.24) is 5.32 Å². The van der Waals surface area contributed by atoms with Gasteiger partial charge in [0, 0.05) is 19.4 Å². The Morgan fingerprint density at radius 3 is 2.38 bits per heavy atom. The largest absolute Gasteiger partial charge is 0.381 e. The van der Waals surface area contributed by atoms with E-state index in [4.69, 9.17) is 9.47 Å². The van der Waals surface area contributed by atoms with Gasteiger partial charge in [0.25, 0.3) is 0 Å². The van der Waals surface area contributed by atoms with Crippen molar-refractivity contribution in [2.45, 2.75) is 44.4 Å². The fraction of sp³-hybridized carbons (Fsp3) is 1.00. The number of hydrogen-bond acceptors (Lipinski definition) is 3. The van der Waals surface area contributed by atoms with Crippen molar-refractivity contribution in [3.05, 3.63) is 0 Å². The molecule has 0 aliphatic carbocycles. The molecule has 0 bridgehead atoms. The summed E-state index contributed by atoms with van der Waals surface area (Å²) >= 11 is 0. The molecule has 76 valence electrons. The molecule has 0 atom stereocenters. The third-order valence-electron chi connectivity index (χ3n) is 2.95. The standard InChI is InChI=1S/C10H19NO2/c1-9(2)3-6-11-10(13-9)4-7-12-8-5-10/h11H,3-8H2,1-2H3. The molecule has 0 amide bonds. The van der Waals surface area contributed by atoms with E-state index in [1.165, 1.54) is 0 Å². The van der Waals surface area contributed by atoms with Crippen LogP contribution in [0, 0.1) is 0 Å². The zero-order valence-electron chi connectivity index (χ0n) is 8.56. The van der Waals surface area contributed by atoms with Crippen LogP contribution in [0.2, 0.25) is 0 Å². The van der Waals surface area contributed by atoms with Crippen molar-refractivity contribution in [2.75, 3.05) is 19.8 Å². The molecule has 1 N–H and O–H groups in total. The summed E-state index contributed by atoms with van der Waals surface area (Å²) in [5, 5.41) is 3.49. The maximum absolute atomic E-state index is 6.11. The maximum Gasteiger partial charge on any atom is 0.124 e. The predicted molar refractivity (Wildman–Crippen MR) is 50.6 cm³/mol. The summed E-state index contributed by atoms with van der Waals surface area (Å²) < 4.78 is 11.5. The molecule has 2 saturated heterocycles. The lowest BCUT2D eigenvalue weighted by atomic mass is 9.95. The minimum Gasteiger partial charge on any atom is -0.381 e. The Balaban J connectivity index is 2.04. The second-order valence-electron chi connectivity index (χ2n) is 4.65. The quantitative estimate of drug-likeness (QED) is 0.616. The van der Waals surface area contributed by atoms with Crippen LogP contribution >= 0.6 is 0 Å². The van der Waals surface area contributed by atoms with Gasteiger partial charge in [-0.25, -0.2) is 0 Å². The lowest BCUT2D eigenvalue weighted by Crippen LogP contribution is -2.60. The highest BCUT2D eigenvalue weighted by atomic mass is 16.5. The minimum absolute atomic E-state index is 0.0303. The molecule has 2 fully saturated rings. The normalized spacial score (nSPS) is 31.8. The topological polar surface area (TPSA) is 30.5 Å². The fourth-order valence-electron chi connectivity index (χ4n) is 2.19. The minimum atomic E-state index is -0.0833. The molecule has 0 saturated carbocycles. The van der Waals surface area contributed by atoms with Crippen LogP contribution in [0.5, 0.6) is 0 Å². The van der Waals surface area contributed by atoms with Gasteiger partial charge in [0.2, 0.25) is 0 Å². The summed E-state index contributed by atoms with van der Waals surface area (Å²) in [4.78, 5) is 0. The van der Waals surface area contributed by atoms with Crippen LogP contribution in [0.15, 0.2) is 0 Å². The van der Waals surface area contributed by atoms with E-state index in [-0.39, 0.29) is 11.3 Å². The predicted octanol–water partition coefficient (Wildman–Crippen LogP) is 1.28. The Kier molecular flexibility index (Phi) is 2.34. The first kappa shape index (κ1) is 9.44. The first-order valence-electron chi connectivity index (χ1n) is 5.15. The van der Waals surface area contributed by atoms with Crippen LogP contribution in [0.25, 0.3) is 0 Å². The molecule has 1 spiro atoms. The Morgan fingerprint density at radius 1 is 1.08 bits per heavy atom. The first-order chi connectivity index (χ1) is 6.12. The van der Waals surface area contributed by atoms with Gasteiger partial charge in [-0.15, -0.1) is 0 Å². The summed E-state index contributed by atoms with van der Waals surface area (Å²) in [7, 11) is 0. The van der Waals surface area contributed by atoms with Gasteiger partial charge in [-0.2, -0.15) is 0 Å².